The molecule has 104 valence electrons. The van der Waals surface area contributed by atoms with Crippen LogP contribution in [0.4, 0.5) is 11.4 Å². The first-order valence-corrected chi connectivity index (χ1v) is 6.41. The first kappa shape index (κ1) is 15.2. The monoisotopic (exact) mass is 263 g/mol. The van der Waals surface area contributed by atoms with E-state index in [0.717, 1.165) is 5.69 Å². The third-order valence-corrected chi connectivity index (χ3v) is 2.42. The molecule has 4 N–H and O–H groups in total. The van der Waals surface area contributed by atoms with Gasteiger partial charge < -0.3 is 16.4 Å². The van der Waals surface area contributed by atoms with Crippen molar-refractivity contribution in [2.75, 3.05) is 17.2 Å². The minimum atomic E-state index is -0.112. The Balaban J connectivity index is 2.52. The molecule has 0 aliphatic rings. The molecule has 5 heteroatoms. The number of carbonyl (C=O) groups is 2. The van der Waals surface area contributed by atoms with Gasteiger partial charge in [-0.2, -0.15) is 0 Å². The largest absolute Gasteiger partial charge is 0.330 e. The highest BCUT2D eigenvalue weighted by molar-refractivity contribution is 5.93. The average Bonchev–Trinajstić information content (AvgIpc) is 2.31. The fraction of sp³-hybridized carbons (Fsp3) is 0.429. The molecule has 0 saturated carbocycles. The molecule has 0 spiro atoms. The standard InChI is InChI=1S/C14H21N3O2/c1-10(2)9-14(19)17-12-5-3-11(4-6-12)16-13(18)7-8-15/h3-6,10H,7-9,15H2,1-2H3,(H,16,18)(H,17,19). The van der Waals surface area contributed by atoms with Gasteiger partial charge in [0.05, 0.1) is 0 Å². The molecule has 2 amide bonds. The van der Waals surface area contributed by atoms with E-state index >= 15 is 0 Å². The molecule has 0 fully saturated rings. The van der Waals surface area contributed by atoms with E-state index in [9.17, 15) is 9.59 Å². The lowest BCUT2D eigenvalue weighted by Gasteiger charge is -2.08. The van der Waals surface area contributed by atoms with E-state index in [-0.39, 0.29) is 11.8 Å². The summed E-state index contributed by atoms with van der Waals surface area (Å²) in [5.74, 6) is 0.212. The van der Waals surface area contributed by atoms with E-state index in [1.165, 1.54) is 0 Å². The third-order valence-electron chi connectivity index (χ3n) is 2.42. The molecule has 19 heavy (non-hydrogen) atoms. The third kappa shape index (κ3) is 6.01. The minimum absolute atomic E-state index is 0.00471. The van der Waals surface area contributed by atoms with Crippen molar-refractivity contribution in [1.82, 2.24) is 0 Å². The van der Waals surface area contributed by atoms with Crippen molar-refractivity contribution in [2.45, 2.75) is 26.7 Å². The number of hydrogen-bond donors (Lipinski definition) is 3. The number of hydrogen-bond acceptors (Lipinski definition) is 3. The summed E-state index contributed by atoms with van der Waals surface area (Å²) in [6.45, 7) is 4.32. The van der Waals surface area contributed by atoms with Crippen LogP contribution in [0, 0.1) is 5.92 Å². The Morgan fingerprint density at radius 1 is 1.05 bits per heavy atom. The second-order valence-electron chi connectivity index (χ2n) is 4.81. The molecule has 1 rings (SSSR count). The normalized spacial score (nSPS) is 10.3. The number of nitrogens with two attached hydrogens (primary N) is 1. The van der Waals surface area contributed by atoms with Crippen LogP contribution in [-0.4, -0.2) is 18.4 Å². The highest BCUT2D eigenvalue weighted by Gasteiger charge is 2.05. The van der Waals surface area contributed by atoms with Gasteiger partial charge in [-0.25, -0.2) is 0 Å². The summed E-state index contributed by atoms with van der Waals surface area (Å²) in [6, 6.07) is 7.02. The predicted octanol–water partition coefficient (Wildman–Crippen LogP) is 1.96. The summed E-state index contributed by atoms with van der Waals surface area (Å²) in [5.41, 5.74) is 6.71. The fourth-order valence-corrected chi connectivity index (χ4v) is 1.57. The van der Waals surface area contributed by atoms with Gasteiger partial charge in [0.25, 0.3) is 0 Å². The molecule has 0 atom stereocenters. The van der Waals surface area contributed by atoms with Crippen molar-refractivity contribution < 1.29 is 9.59 Å². The van der Waals surface area contributed by atoms with Gasteiger partial charge in [-0.05, 0) is 30.2 Å². The second kappa shape index (κ2) is 7.53. The molecule has 0 saturated heterocycles. The van der Waals surface area contributed by atoms with Gasteiger partial charge in [-0.15, -0.1) is 0 Å². The van der Waals surface area contributed by atoms with Crippen LogP contribution in [0.5, 0.6) is 0 Å². The number of carbonyl (C=O) groups excluding carboxylic acids is 2. The van der Waals surface area contributed by atoms with Crippen LogP contribution in [0.3, 0.4) is 0 Å². The molecular formula is C14H21N3O2. The highest BCUT2D eigenvalue weighted by atomic mass is 16.2. The van der Waals surface area contributed by atoms with E-state index in [4.69, 9.17) is 5.73 Å². The van der Waals surface area contributed by atoms with Crippen molar-refractivity contribution in [3.63, 3.8) is 0 Å². The minimum Gasteiger partial charge on any atom is -0.330 e. The van der Waals surface area contributed by atoms with Crippen LogP contribution >= 0.6 is 0 Å². The van der Waals surface area contributed by atoms with Gasteiger partial charge >= 0.3 is 0 Å². The van der Waals surface area contributed by atoms with Gasteiger partial charge in [-0.3, -0.25) is 9.59 Å². The Labute approximate surface area is 113 Å². The zero-order chi connectivity index (χ0) is 14.3. The van der Waals surface area contributed by atoms with Gasteiger partial charge in [0.2, 0.25) is 11.8 Å². The maximum absolute atomic E-state index is 11.6. The molecule has 0 aliphatic heterocycles. The molecule has 0 heterocycles. The van der Waals surface area contributed by atoms with E-state index in [0.29, 0.717) is 31.0 Å². The van der Waals surface area contributed by atoms with Crippen molar-refractivity contribution in [2.24, 2.45) is 11.7 Å². The SMILES string of the molecule is CC(C)CC(=O)Nc1ccc(NC(=O)CCN)cc1. The molecule has 5 nitrogen and oxygen atoms in total. The molecule has 0 bridgehead atoms. The zero-order valence-corrected chi connectivity index (χ0v) is 11.4. The number of amides is 2. The van der Waals surface area contributed by atoms with Crippen molar-refractivity contribution in [3.05, 3.63) is 24.3 Å². The van der Waals surface area contributed by atoms with E-state index in [1.807, 2.05) is 13.8 Å². The number of rotatable bonds is 6. The summed E-state index contributed by atoms with van der Waals surface area (Å²) in [7, 11) is 0. The molecule has 0 radical (unpaired) electrons. The topological polar surface area (TPSA) is 84.2 Å². The smallest absolute Gasteiger partial charge is 0.225 e. The molecule has 0 unspecified atom stereocenters. The Bertz CT molecular complexity index is 427. The maximum atomic E-state index is 11.6. The van der Waals surface area contributed by atoms with Crippen molar-refractivity contribution in [3.8, 4) is 0 Å². The van der Waals surface area contributed by atoms with Crippen LogP contribution < -0.4 is 16.4 Å². The zero-order valence-electron chi connectivity index (χ0n) is 11.4. The number of anilines is 2. The Hall–Kier alpha value is -1.88. The molecular weight excluding hydrogens is 242 g/mol. The predicted molar refractivity (Wildman–Crippen MR) is 76.8 cm³/mol. The molecule has 1 aromatic carbocycles. The van der Waals surface area contributed by atoms with Gasteiger partial charge in [0.1, 0.15) is 0 Å². The summed E-state index contributed by atoms with van der Waals surface area (Å²) in [5, 5.41) is 5.53. The van der Waals surface area contributed by atoms with Crippen LogP contribution in [0.15, 0.2) is 24.3 Å². The summed E-state index contributed by atoms with van der Waals surface area (Å²) >= 11 is 0. The Morgan fingerprint density at radius 2 is 1.53 bits per heavy atom. The van der Waals surface area contributed by atoms with Crippen molar-refractivity contribution in [1.29, 1.82) is 0 Å². The second-order valence-corrected chi connectivity index (χ2v) is 4.81. The highest BCUT2D eigenvalue weighted by Crippen LogP contribution is 2.14. The lowest BCUT2D eigenvalue weighted by atomic mass is 10.1. The number of benzene rings is 1. The van der Waals surface area contributed by atoms with Crippen LogP contribution in [0.2, 0.25) is 0 Å². The van der Waals surface area contributed by atoms with Crippen molar-refractivity contribution >= 4 is 23.2 Å². The van der Waals surface area contributed by atoms with Gasteiger partial charge in [0, 0.05) is 30.8 Å². The van der Waals surface area contributed by atoms with Gasteiger partial charge in [0.15, 0.2) is 0 Å². The fourth-order valence-electron chi connectivity index (χ4n) is 1.57. The lowest BCUT2D eigenvalue weighted by Crippen LogP contribution is -2.16. The Morgan fingerprint density at radius 3 is 1.95 bits per heavy atom. The molecule has 1 aromatic rings. The molecule has 0 aliphatic carbocycles. The van der Waals surface area contributed by atoms with E-state index in [2.05, 4.69) is 10.6 Å². The Kier molecular flexibility index (Phi) is 6.02. The first-order chi connectivity index (χ1) is 9.01. The average molecular weight is 263 g/mol. The van der Waals surface area contributed by atoms with Crippen LogP contribution in [0.1, 0.15) is 26.7 Å². The van der Waals surface area contributed by atoms with E-state index in [1.54, 1.807) is 24.3 Å². The summed E-state index contributed by atoms with van der Waals surface area (Å²) in [4.78, 5) is 22.9. The first-order valence-electron chi connectivity index (χ1n) is 6.41. The van der Waals surface area contributed by atoms with E-state index < -0.39 is 0 Å². The van der Waals surface area contributed by atoms with Crippen LogP contribution in [0.25, 0.3) is 0 Å². The summed E-state index contributed by atoms with van der Waals surface area (Å²) < 4.78 is 0. The summed E-state index contributed by atoms with van der Waals surface area (Å²) in [6.07, 6.45) is 0.794. The van der Waals surface area contributed by atoms with Crippen LogP contribution in [-0.2, 0) is 9.59 Å². The number of nitrogens with one attached hydrogen (secondary N) is 2. The lowest BCUT2D eigenvalue weighted by molar-refractivity contribution is -0.117. The van der Waals surface area contributed by atoms with Gasteiger partial charge in [-0.1, -0.05) is 13.8 Å². The maximum Gasteiger partial charge on any atom is 0.225 e. The molecule has 0 aromatic heterocycles. The quantitative estimate of drug-likeness (QED) is 0.733.